The fourth-order valence-electron chi connectivity index (χ4n) is 2.24. The van der Waals surface area contributed by atoms with E-state index in [1.165, 1.54) is 12.1 Å². The number of hydrogen-bond acceptors (Lipinski definition) is 1. The lowest BCUT2D eigenvalue weighted by molar-refractivity contribution is -0.137. The Bertz CT molecular complexity index is 378. The predicted molar refractivity (Wildman–Crippen MR) is 59.8 cm³/mol. The Morgan fingerprint density at radius 2 is 1.94 bits per heavy atom. The van der Waals surface area contributed by atoms with Crippen molar-refractivity contribution in [1.29, 1.82) is 0 Å². The number of piperidine rings is 1. The van der Waals surface area contributed by atoms with Gasteiger partial charge in [0, 0.05) is 0 Å². The standard InChI is InChI=1S/C13H15F3N/c1-17-7-5-10(6-8-17)11-3-2-4-12(9-11)13(14,15)16/h2-3,9-10H,5-8H2,1H3. The molecule has 4 heteroatoms. The first-order valence-corrected chi connectivity index (χ1v) is 5.74. The highest BCUT2D eigenvalue weighted by Crippen LogP contribution is 2.33. The van der Waals surface area contributed by atoms with E-state index in [0.717, 1.165) is 31.5 Å². The summed E-state index contributed by atoms with van der Waals surface area (Å²) in [5.74, 6) is 0.252. The van der Waals surface area contributed by atoms with Crippen LogP contribution in [0.4, 0.5) is 13.2 Å². The number of rotatable bonds is 1. The molecule has 0 unspecified atom stereocenters. The molecule has 0 N–H and O–H groups in total. The second-order valence-electron chi connectivity index (χ2n) is 4.61. The van der Waals surface area contributed by atoms with Gasteiger partial charge in [-0.05, 0) is 56.6 Å². The van der Waals surface area contributed by atoms with Crippen LogP contribution in [0.3, 0.4) is 0 Å². The summed E-state index contributed by atoms with van der Waals surface area (Å²) in [6.07, 6.45) is -2.43. The van der Waals surface area contributed by atoms with E-state index in [1.54, 1.807) is 6.07 Å². The first kappa shape index (κ1) is 12.4. The molecule has 0 atom stereocenters. The highest BCUT2D eigenvalue weighted by Gasteiger charge is 2.31. The zero-order chi connectivity index (χ0) is 12.5. The summed E-state index contributed by atoms with van der Waals surface area (Å²) in [5.41, 5.74) is 0.137. The van der Waals surface area contributed by atoms with Crippen LogP contribution in [0.1, 0.15) is 29.9 Å². The van der Waals surface area contributed by atoms with Crippen LogP contribution < -0.4 is 0 Å². The van der Waals surface area contributed by atoms with Crippen LogP contribution in [0.15, 0.2) is 18.2 Å². The van der Waals surface area contributed by atoms with Crippen molar-refractivity contribution in [3.05, 3.63) is 35.4 Å². The summed E-state index contributed by atoms with van der Waals surface area (Å²) in [6.45, 7) is 1.90. The van der Waals surface area contributed by atoms with Gasteiger partial charge in [-0.1, -0.05) is 12.1 Å². The Hall–Kier alpha value is -1.03. The highest BCUT2D eigenvalue weighted by atomic mass is 19.4. The second-order valence-corrected chi connectivity index (χ2v) is 4.61. The molecule has 1 aromatic rings. The molecule has 0 saturated carbocycles. The minimum Gasteiger partial charge on any atom is -0.306 e. The van der Waals surface area contributed by atoms with Gasteiger partial charge >= 0.3 is 6.18 Å². The Kier molecular flexibility index (Phi) is 3.43. The smallest absolute Gasteiger partial charge is 0.306 e. The molecule has 0 aliphatic carbocycles. The average Bonchev–Trinajstić information content (AvgIpc) is 2.29. The molecule has 1 fully saturated rings. The van der Waals surface area contributed by atoms with Crippen LogP contribution in [-0.4, -0.2) is 25.0 Å². The highest BCUT2D eigenvalue weighted by molar-refractivity contribution is 5.27. The van der Waals surface area contributed by atoms with Gasteiger partial charge in [0.25, 0.3) is 0 Å². The van der Waals surface area contributed by atoms with E-state index >= 15 is 0 Å². The summed E-state index contributed by atoms with van der Waals surface area (Å²) in [6, 6.07) is 6.65. The number of hydrogen-bond donors (Lipinski definition) is 0. The number of nitrogens with zero attached hydrogens (tertiary/aromatic N) is 1. The Labute approximate surface area is 99.2 Å². The maximum atomic E-state index is 12.6. The SMILES string of the molecule is CN1CCC(c2cc[c]c(C(F)(F)F)c2)CC1. The molecule has 1 saturated heterocycles. The molecule has 0 bridgehead atoms. The zero-order valence-electron chi connectivity index (χ0n) is 9.72. The van der Waals surface area contributed by atoms with Gasteiger partial charge in [0.05, 0.1) is 5.56 Å². The van der Waals surface area contributed by atoms with Crippen molar-refractivity contribution >= 4 is 0 Å². The van der Waals surface area contributed by atoms with E-state index in [1.807, 2.05) is 7.05 Å². The Morgan fingerprint density at radius 1 is 1.29 bits per heavy atom. The molecule has 93 valence electrons. The van der Waals surface area contributed by atoms with Gasteiger partial charge in [-0.3, -0.25) is 0 Å². The normalized spacial score (nSPS) is 19.5. The summed E-state index contributed by atoms with van der Waals surface area (Å²) in [7, 11) is 2.04. The molecular weight excluding hydrogens is 227 g/mol. The van der Waals surface area contributed by atoms with E-state index in [0.29, 0.717) is 0 Å². The average molecular weight is 242 g/mol. The number of benzene rings is 1. The van der Waals surface area contributed by atoms with Crippen molar-refractivity contribution in [1.82, 2.24) is 4.90 Å². The van der Waals surface area contributed by atoms with E-state index < -0.39 is 11.7 Å². The van der Waals surface area contributed by atoms with Gasteiger partial charge < -0.3 is 4.90 Å². The topological polar surface area (TPSA) is 3.24 Å². The summed E-state index contributed by atoms with van der Waals surface area (Å²) in [5, 5.41) is 0. The monoisotopic (exact) mass is 242 g/mol. The van der Waals surface area contributed by atoms with Crippen molar-refractivity contribution in [3.63, 3.8) is 0 Å². The first-order valence-electron chi connectivity index (χ1n) is 5.74. The lowest BCUT2D eigenvalue weighted by Crippen LogP contribution is -2.29. The molecule has 1 nitrogen and oxygen atoms in total. The minimum absolute atomic E-state index is 0.252. The van der Waals surface area contributed by atoms with Gasteiger partial charge in [-0.25, -0.2) is 0 Å². The second kappa shape index (κ2) is 4.69. The van der Waals surface area contributed by atoms with Crippen molar-refractivity contribution in [3.8, 4) is 0 Å². The van der Waals surface area contributed by atoms with E-state index in [2.05, 4.69) is 11.0 Å². The van der Waals surface area contributed by atoms with E-state index in [9.17, 15) is 13.2 Å². The molecule has 1 aliphatic heterocycles. The van der Waals surface area contributed by atoms with Gasteiger partial charge in [0.2, 0.25) is 0 Å². The van der Waals surface area contributed by atoms with Crippen LogP contribution in [0.5, 0.6) is 0 Å². The van der Waals surface area contributed by atoms with Crippen molar-refractivity contribution in [2.24, 2.45) is 0 Å². The molecule has 1 radical (unpaired) electrons. The maximum absolute atomic E-state index is 12.6. The van der Waals surface area contributed by atoms with Crippen molar-refractivity contribution in [2.45, 2.75) is 24.9 Å². The fraction of sp³-hybridized carbons (Fsp3) is 0.538. The molecular formula is C13H15F3N. The first-order chi connectivity index (χ1) is 7.97. The number of halogens is 3. The van der Waals surface area contributed by atoms with Crippen LogP contribution in [0.2, 0.25) is 0 Å². The molecule has 0 aromatic heterocycles. The molecule has 2 rings (SSSR count). The third kappa shape index (κ3) is 3.00. The summed E-state index contributed by atoms with van der Waals surface area (Å²) >= 11 is 0. The van der Waals surface area contributed by atoms with Gasteiger partial charge in [0.1, 0.15) is 0 Å². The van der Waals surface area contributed by atoms with Crippen LogP contribution >= 0.6 is 0 Å². The lowest BCUT2D eigenvalue weighted by atomic mass is 9.89. The van der Waals surface area contributed by atoms with Crippen molar-refractivity contribution < 1.29 is 13.2 Å². The lowest BCUT2D eigenvalue weighted by Gasteiger charge is -2.29. The third-order valence-corrected chi connectivity index (χ3v) is 3.32. The fourth-order valence-corrected chi connectivity index (χ4v) is 2.24. The number of likely N-dealkylation sites (tertiary alicyclic amines) is 1. The minimum atomic E-state index is -4.29. The Morgan fingerprint density at radius 3 is 2.53 bits per heavy atom. The van der Waals surface area contributed by atoms with Crippen molar-refractivity contribution in [2.75, 3.05) is 20.1 Å². The zero-order valence-corrected chi connectivity index (χ0v) is 9.72. The Balaban J connectivity index is 2.16. The third-order valence-electron chi connectivity index (χ3n) is 3.32. The maximum Gasteiger partial charge on any atom is 0.417 e. The molecule has 0 amide bonds. The number of alkyl halides is 3. The van der Waals surface area contributed by atoms with Crippen LogP contribution in [0, 0.1) is 6.07 Å². The largest absolute Gasteiger partial charge is 0.417 e. The van der Waals surface area contributed by atoms with Crippen LogP contribution in [0.25, 0.3) is 0 Å². The summed E-state index contributed by atoms with van der Waals surface area (Å²) < 4.78 is 37.7. The van der Waals surface area contributed by atoms with E-state index in [4.69, 9.17) is 0 Å². The van der Waals surface area contributed by atoms with Gasteiger partial charge in [-0.2, -0.15) is 13.2 Å². The van der Waals surface area contributed by atoms with E-state index in [-0.39, 0.29) is 5.92 Å². The quantitative estimate of drug-likeness (QED) is 0.730. The molecule has 1 heterocycles. The molecule has 17 heavy (non-hydrogen) atoms. The predicted octanol–water partition coefficient (Wildman–Crippen LogP) is 3.31. The van der Waals surface area contributed by atoms with Crippen LogP contribution in [-0.2, 0) is 6.18 Å². The van der Waals surface area contributed by atoms with Gasteiger partial charge in [0.15, 0.2) is 0 Å². The summed E-state index contributed by atoms with van der Waals surface area (Å²) in [4.78, 5) is 2.20. The molecule has 0 spiro atoms. The van der Waals surface area contributed by atoms with Gasteiger partial charge in [-0.15, -0.1) is 0 Å². The molecule has 1 aromatic carbocycles. The molecule has 1 aliphatic rings.